The number of benzene rings is 2. The first-order chi connectivity index (χ1) is 14.3. The van der Waals surface area contributed by atoms with Gasteiger partial charge in [0.1, 0.15) is 6.20 Å². The molecule has 0 aliphatic heterocycles. The van der Waals surface area contributed by atoms with Crippen LogP contribution in [0.25, 0.3) is 0 Å². The lowest BCUT2D eigenvalue weighted by molar-refractivity contribution is -0.385. The first-order valence-corrected chi connectivity index (χ1v) is 9.70. The molecule has 0 atom stereocenters. The molecule has 0 aliphatic carbocycles. The number of hydrogen-bond donors (Lipinski definition) is 1. The monoisotopic (exact) mass is 470 g/mol. The minimum absolute atomic E-state index is 0.287. The molecule has 1 heterocycles. The zero-order valence-corrected chi connectivity index (χ0v) is 17.9. The number of hydrazone groups is 1. The first kappa shape index (κ1) is 21.2. The Balaban J connectivity index is 1.72. The third-order valence-corrected chi connectivity index (χ3v) is 4.67. The molecule has 0 bridgehead atoms. The summed E-state index contributed by atoms with van der Waals surface area (Å²) in [5.41, 5.74) is 4.31. The van der Waals surface area contributed by atoms with Crippen molar-refractivity contribution >= 4 is 39.4 Å². The van der Waals surface area contributed by atoms with Crippen molar-refractivity contribution in [1.82, 2.24) is 15.2 Å². The maximum absolute atomic E-state index is 12.4. The summed E-state index contributed by atoms with van der Waals surface area (Å²) in [4.78, 5) is 25.1. The largest absolute Gasteiger partial charge is 0.378 e. The molecule has 154 valence electrons. The molecule has 0 aliphatic rings. The molecule has 0 spiro atoms. The Morgan fingerprint density at radius 2 is 2.03 bits per heavy atom. The van der Waals surface area contributed by atoms with Crippen LogP contribution in [0, 0.1) is 10.1 Å². The Morgan fingerprint density at radius 1 is 1.30 bits per heavy atom. The topological polar surface area (TPSA) is 106 Å². The molecule has 0 radical (unpaired) electrons. The molecule has 3 aromatic rings. The highest BCUT2D eigenvalue weighted by Crippen LogP contribution is 2.19. The second kappa shape index (κ2) is 9.31. The molecule has 9 nitrogen and oxygen atoms in total. The maximum Gasteiger partial charge on any atom is 0.320 e. The first-order valence-electron chi connectivity index (χ1n) is 8.90. The van der Waals surface area contributed by atoms with Gasteiger partial charge in [-0.25, -0.2) is 5.43 Å². The smallest absolute Gasteiger partial charge is 0.320 e. The van der Waals surface area contributed by atoms with Gasteiger partial charge in [0.2, 0.25) is 5.69 Å². The van der Waals surface area contributed by atoms with Gasteiger partial charge < -0.3 is 4.90 Å². The van der Waals surface area contributed by atoms with Gasteiger partial charge in [-0.2, -0.15) is 10.2 Å². The second-order valence-electron chi connectivity index (χ2n) is 6.63. The zero-order valence-electron chi connectivity index (χ0n) is 16.3. The number of carbonyl (C=O) groups is 1. The van der Waals surface area contributed by atoms with Crippen LogP contribution in [0.4, 0.5) is 11.4 Å². The lowest BCUT2D eigenvalue weighted by Crippen LogP contribution is -2.19. The fourth-order valence-electron chi connectivity index (χ4n) is 2.69. The van der Waals surface area contributed by atoms with Gasteiger partial charge in [0.15, 0.2) is 0 Å². The van der Waals surface area contributed by atoms with Crippen LogP contribution < -0.4 is 10.3 Å². The van der Waals surface area contributed by atoms with Crippen molar-refractivity contribution < 1.29 is 9.72 Å². The van der Waals surface area contributed by atoms with Gasteiger partial charge in [0.25, 0.3) is 5.91 Å². The van der Waals surface area contributed by atoms with Crippen LogP contribution in [0.5, 0.6) is 0 Å². The molecule has 0 saturated carbocycles. The molecule has 1 N–H and O–H groups in total. The number of carbonyl (C=O) groups excluding carboxylic acids is 1. The van der Waals surface area contributed by atoms with E-state index in [4.69, 9.17) is 0 Å². The van der Waals surface area contributed by atoms with E-state index in [0.717, 1.165) is 21.3 Å². The van der Waals surface area contributed by atoms with Crippen LogP contribution in [0.3, 0.4) is 0 Å². The summed E-state index contributed by atoms with van der Waals surface area (Å²) in [6, 6.07) is 15.0. The molecular weight excluding hydrogens is 452 g/mol. The highest BCUT2D eigenvalue weighted by Gasteiger charge is 2.25. The van der Waals surface area contributed by atoms with Crippen LogP contribution in [0.1, 0.15) is 21.6 Å². The summed E-state index contributed by atoms with van der Waals surface area (Å²) < 4.78 is 2.24. The van der Waals surface area contributed by atoms with E-state index < -0.39 is 10.8 Å². The molecular formula is C20H19BrN6O3. The molecule has 0 fully saturated rings. The van der Waals surface area contributed by atoms with Crippen molar-refractivity contribution in [3.63, 3.8) is 0 Å². The summed E-state index contributed by atoms with van der Waals surface area (Å²) in [5, 5.41) is 19.3. The van der Waals surface area contributed by atoms with Gasteiger partial charge in [-0.05, 0) is 35.4 Å². The van der Waals surface area contributed by atoms with Crippen molar-refractivity contribution in [2.75, 3.05) is 19.0 Å². The summed E-state index contributed by atoms with van der Waals surface area (Å²) in [6.07, 6.45) is 2.70. The predicted octanol–water partition coefficient (Wildman–Crippen LogP) is 3.43. The molecule has 0 saturated heterocycles. The number of aromatic nitrogens is 2. The molecule has 2 aromatic carbocycles. The Labute approximate surface area is 181 Å². The Bertz CT molecular complexity index is 1090. The summed E-state index contributed by atoms with van der Waals surface area (Å²) in [6.45, 7) is 0.287. The maximum atomic E-state index is 12.4. The van der Waals surface area contributed by atoms with Crippen molar-refractivity contribution in [3.05, 3.63) is 86.1 Å². The quantitative estimate of drug-likeness (QED) is 0.323. The van der Waals surface area contributed by atoms with E-state index in [9.17, 15) is 14.9 Å². The minimum atomic E-state index is -0.754. The standard InChI is InChI=1S/C20H19BrN6O3/c1-25(2)17-8-6-14(7-9-17)11-22-23-20(28)19-18(27(29)30)13-26(24-19)12-15-4-3-5-16(21)10-15/h3-11,13H,12H2,1-2H3,(H,23,28)/b22-11+. The molecule has 10 heteroatoms. The average molecular weight is 471 g/mol. The van der Waals surface area contributed by atoms with Crippen LogP contribution in [0.15, 0.2) is 64.3 Å². The van der Waals surface area contributed by atoms with Gasteiger partial charge >= 0.3 is 5.69 Å². The van der Waals surface area contributed by atoms with Crippen LogP contribution in [-0.2, 0) is 6.54 Å². The van der Waals surface area contributed by atoms with Crippen molar-refractivity contribution in [2.45, 2.75) is 6.54 Å². The van der Waals surface area contributed by atoms with Gasteiger partial charge in [-0.3, -0.25) is 19.6 Å². The van der Waals surface area contributed by atoms with Crippen LogP contribution in [0.2, 0.25) is 0 Å². The Hall–Kier alpha value is -3.53. The molecule has 0 unspecified atom stereocenters. The zero-order chi connectivity index (χ0) is 21.7. The van der Waals surface area contributed by atoms with E-state index in [0.29, 0.717) is 0 Å². The number of halogens is 1. The van der Waals surface area contributed by atoms with E-state index in [1.807, 2.05) is 67.5 Å². The van der Waals surface area contributed by atoms with Gasteiger partial charge in [0, 0.05) is 24.3 Å². The third-order valence-electron chi connectivity index (χ3n) is 4.18. The lowest BCUT2D eigenvalue weighted by atomic mass is 10.2. The van der Waals surface area contributed by atoms with Crippen molar-refractivity contribution in [1.29, 1.82) is 0 Å². The Morgan fingerprint density at radius 3 is 2.67 bits per heavy atom. The predicted molar refractivity (Wildman–Crippen MR) is 118 cm³/mol. The number of amides is 1. The van der Waals surface area contributed by atoms with Crippen molar-refractivity contribution in [3.8, 4) is 0 Å². The summed E-state index contributed by atoms with van der Waals surface area (Å²) >= 11 is 3.38. The summed E-state index contributed by atoms with van der Waals surface area (Å²) in [5.74, 6) is -0.754. The minimum Gasteiger partial charge on any atom is -0.378 e. The Kier molecular flexibility index (Phi) is 6.58. The number of anilines is 1. The highest BCUT2D eigenvalue weighted by atomic mass is 79.9. The van der Waals surface area contributed by atoms with E-state index in [1.54, 1.807) is 0 Å². The average Bonchev–Trinajstić information content (AvgIpc) is 3.12. The number of hydrogen-bond acceptors (Lipinski definition) is 6. The normalized spacial score (nSPS) is 10.9. The molecule has 1 aromatic heterocycles. The van der Waals surface area contributed by atoms with E-state index in [1.165, 1.54) is 17.1 Å². The SMILES string of the molecule is CN(C)c1ccc(/C=N/NC(=O)c2nn(Cc3cccc(Br)c3)cc2[N+](=O)[O-])cc1. The van der Waals surface area contributed by atoms with Crippen LogP contribution in [-0.4, -0.2) is 40.9 Å². The van der Waals surface area contributed by atoms with Gasteiger partial charge in [-0.1, -0.05) is 40.2 Å². The van der Waals surface area contributed by atoms with Crippen molar-refractivity contribution in [2.24, 2.45) is 5.10 Å². The fraction of sp³-hybridized carbons (Fsp3) is 0.150. The number of nitro groups is 1. The summed E-state index contributed by atoms with van der Waals surface area (Å²) in [7, 11) is 3.87. The molecule has 30 heavy (non-hydrogen) atoms. The second-order valence-corrected chi connectivity index (χ2v) is 7.55. The fourth-order valence-corrected chi connectivity index (χ4v) is 3.13. The highest BCUT2D eigenvalue weighted by molar-refractivity contribution is 9.10. The van der Waals surface area contributed by atoms with E-state index in [2.05, 4.69) is 31.6 Å². The van der Waals surface area contributed by atoms with E-state index in [-0.39, 0.29) is 17.9 Å². The number of nitrogens with one attached hydrogen (secondary N) is 1. The molecule has 1 amide bonds. The van der Waals surface area contributed by atoms with E-state index >= 15 is 0 Å². The van der Waals surface area contributed by atoms with Gasteiger partial charge in [0.05, 0.1) is 17.7 Å². The number of nitrogens with zero attached hydrogens (tertiary/aromatic N) is 5. The lowest BCUT2D eigenvalue weighted by Gasteiger charge is -2.11. The number of rotatable bonds is 7. The van der Waals surface area contributed by atoms with Crippen LogP contribution >= 0.6 is 15.9 Å². The van der Waals surface area contributed by atoms with Gasteiger partial charge in [-0.15, -0.1) is 0 Å². The third kappa shape index (κ3) is 5.29. The molecule has 3 rings (SSSR count).